The fraction of sp³-hybridized carbons (Fsp3) is 0.190. The summed E-state index contributed by atoms with van der Waals surface area (Å²) in [6.07, 6.45) is 0. The summed E-state index contributed by atoms with van der Waals surface area (Å²) in [5, 5.41) is 0. The molecule has 0 bridgehead atoms. The third-order valence-corrected chi connectivity index (χ3v) is 4.59. The van der Waals surface area contributed by atoms with Crippen LogP contribution in [-0.4, -0.2) is 44.5 Å². The second-order valence-electron chi connectivity index (χ2n) is 6.40. The van der Waals surface area contributed by atoms with E-state index < -0.39 is 17.8 Å². The van der Waals surface area contributed by atoms with Crippen LogP contribution in [0.2, 0.25) is 0 Å². The summed E-state index contributed by atoms with van der Waals surface area (Å²) >= 11 is 0. The van der Waals surface area contributed by atoms with Crippen LogP contribution in [0.15, 0.2) is 58.2 Å². The van der Waals surface area contributed by atoms with Crippen LogP contribution in [0.25, 0.3) is 22.6 Å². The van der Waals surface area contributed by atoms with E-state index in [-0.39, 0.29) is 30.5 Å². The molecule has 0 aliphatic carbocycles. The lowest BCUT2D eigenvalue weighted by molar-refractivity contribution is -0.140. The van der Waals surface area contributed by atoms with E-state index in [2.05, 4.69) is 4.98 Å². The Labute approximate surface area is 170 Å². The summed E-state index contributed by atoms with van der Waals surface area (Å²) in [5.41, 5.74) is 2.08. The average Bonchev–Trinajstić information content (AvgIpc) is 3.21. The minimum absolute atomic E-state index is 0.0189. The zero-order chi connectivity index (χ0) is 21.3. The molecular weight excluding hydrogens is 395 g/mol. The molecular formula is C21H17FN2O6. The van der Waals surface area contributed by atoms with Gasteiger partial charge in [-0.2, -0.15) is 0 Å². The Bertz CT molecular complexity index is 1170. The molecule has 0 N–H and O–H groups in total. The van der Waals surface area contributed by atoms with Crippen molar-refractivity contribution in [2.45, 2.75) is 0 Å². The number of hydrogen-bond acceptors (Lipinski definition) is 8. The first-order valence-electron chi connectivity index (χ1n) is 8.93. The zero-order valence-corrected chi connectivity index (χ0v) is 16.2. The number of aromatic nitrogens is 1. The van der Waals surface area contributed by atoms with Gasteiger partial charge in [0, 0.05) is 11.3 Å². The summed E-state index contributed by atoms with van der Waals surface area (Å²) < 4.78 is 34.3. The number of benzene rings is 2. The van der Waals surface area contributed by atoms with Crippen molar-refractivity contribution in [2.75, 3.05) is 32.5 Å². The van der Waals surface area contributed by atoms with Gasteiger partial charge in [-0.25, -0.2) is 19.0 Å². The minimum Gasteiger partial charge on any atom is -0.466 e. The minimum atomic E-state index is -0.695. The molecule has 0 spiro atoms. The predicted molar refractivity (Wildman–Crippen MR) is 104 cm³/mol. The number of hydrogen-bond donors (Lipinski definition) is 0. The molecule has 2 heterocycles. The lowest BCUT2D eigenvalue weighted by atomic mass is 10.1. The second-order valence-corrected chi connectivity index (χ2v) is 6.40. The van der Waals surface area contributed by atoms with Gasteiger partial charge < -0.3 is 23.5 Å². The molecule has 0 radical (unpaired) electrons. The van der Waals surface area contributed by atoms with Crippen LogP contribution in [0, 0.1) is 5.82 Å². The van der Waals surface area contributed by atoms with Crippen LogP contribution in [0.3, 0.4) is 0 Å². The van der Waals surface area contributed by atoms with E-state index in [0.29, 0.717) is 22.4 Å². The van der Waals surface area contributed by atoms with Crippen molar-refractivity contribution >= 4 is 28.7 Å². The molecule has 154 valence electrons. The van der Waals surface area contributed by atoms with Gasteiger partial charge in [0.25, 0.3) is 0 Å². The highest BCUT2D eigenvalue weighted by molar-refractivity contribution is 6.03. The second kappa shape index (κ2) is 7.96. The molecule has 1 aliphatic rings. The van der Waals surface area contributed by atoms with Gasteiger partial charge in [-0.05, 0) is 36.4 Å². The first-order valence-corrected chi connectivity index (χ1v) is 8.93. The molecule has 0 unspecified atom stereocenters. The first kappa shape index (κ1) is 19.6. The van der Waals surface area contributed by atoms with E-state index in [1.54, 1.807) is 30.3 Å². The molecule has 30 heavy (non-hydrogen) atoms. The Morgan fingerprint density at radius 2 is 1.90 bits per heavy atom. The third-order valence-electron chi connectivity index (χ3n) is 4.59. The molecule has 4 rings (SSSR count). The fourth-order valence-corrected chi connectivity index (χ4v) is 3.18. The quantitative estimate of drug-likeness (QED) is 0.604. The predicted octanol–water partition coefficient (Wildman–Crippen LogP) is 3.03. The summed E-state index contributed by atoms with van der Waals surface area (Å²) in [7, 11) is 2.45. The van der Waals surface area contributed by atoms with Crippen molar-refractivity contribution < 1.29 is 32.6 Å². The highest BCUT2D eigenvalue weighted by atomic mass is 19.1. The number of esters is 2. The van der Waals surface area contributed by atoms with Gasteiger partial charge in [0.15, 0.2) is 5.58 Å². The number of anilines is 1. The Balaban J connectivity index is 1.78. The fourth-order valence-electron chi connectivity index (χ4n) is 3.18. The van der Waals surface area contributed by atoms with Crippen LogP contribution in [0.4, 0.5) is 10.1 Å². The van der Waals surface area contributed by atoms with Crippen molar-refractivity contribution in [3.05, 3.63) is 59.6 Å². The van der Waals surface area contributed by atoms with Crippen LogP contribution >= 0.6 is 0 Å². The number of ether oxygens (including phenoxy) is 3. The molecule has 0 saturated heterocycles. The summed E-state index contributed by atoms with van der Waals surface area (Å²) in [6.45, 7) is -0.0609. The van der Waals surface area contributed by atoms with Gasteiger partial charge in [0.2, 0.25) is 5.89 Å². The Kier molecular flexibility index (Phi) is 5.20. The average molecular weight is 412 g/mol. The lowest BCUT2D eigenvalue weighted by Gasteiger charge is -2.31. The van der Waals surface area contributed by atoms with Crippen LogP contribution in [0.5, 0.6) is 0 Å². The van der Waals surface area contributed by atoms with Crippen molar-refractivity contribution in [3.8, 4) is 11.5 Å². The number of nitrogens with zero attached hydrogens (tertiary/aromatic N) is 2. The van der Waals surface area contributed by atoms with E-state index in [4.69, 9.17) is 18.6 Å². The summed E-state index contributed by atoms with van der Waals surface area (Å²) in [5.74, 6) is -1.52. The standard InChI is InChI=1S/C21H17FN2O6/c1-27-20(25)15-10-29-11-24(18(15)21(26)28-2)14-6-7-17-16(9-14)23-19(30-17)12-4-3-5-13(22)8-12/h3-9H,10-11H2,1-2H3. The molecule has 0 fully saturated rings. The van der Waals surface area contributed by atoms with E-state index >= 15 is 0 Å². The zero-order valence-electron chi connectivity index (χ0n) is 16.2. The highest BCUT2D eigenvalue weighted by Crippen LogP contribution is 2.31. The maximum atomic E-state index is 13.5. The molecule has 0 atom stereocenters. The molecule has 8 nitrogen and oxygen atoms in total. The van der Waals surface area contributed by atoms with Crippen LogP contribution < -0.4 is 4.90 Å². The van der Waals surface area contributed by atoms with E-state index in [1.807, 2.05) is 0 Å². The third kappa shape index (κ3) is 3.50. The maximum absolute atomic E-state index is 13.5. The number of fused-ring (bicyclic) bond motifs is 1. The van der Waals surface area contributed by atoms with Gasteiger partial charge in [0.1, 0.15) is 23.8 Å². The molecule has 9 heteroatoms. The van der Waals surface area contributed by atoms with Crippen LogP contribution in [-0.2, 0) is 23.8 Å². The Morgan fingerprint density at radius 1 is 1.10 bits per heavy atom. The number of carbonyl (C=O) groups excluding carboxylic acids is 2. The Hall–Kier alpha value is -3.72. The molecule has 2 aromatic carbocycles. The smallest absolute Gasteiger partial charge is 0.355 e. The van der Waals surface area contributed by atoms with Crippen molar-refractivity contribution in [1.29, 1.82) is 0 Å². The van der Waals surface area contributed by atoms with Crippen molar-refractivity contribution in [3.63, 3.8) is 0 Å². The topological polar surface area (TPSA) is 91.1 Å². The number of carbonyl (C=O) groups is 2. The largest absolute Gasteiger partial charge is 0.466 e. The number of rotatable bonds is 4. The number of halogens is 1. The monoisotopic (exact) mass is 412 g/mol. The van der Waals surface area contributed by atoms with Gasteiger partial charge in [-0.3, -0.25) is 0 Å². The lowest BCUT2D eigenvalue weighted by Crippen LogP contribution is -2.38. The number of oxazole rings is 1. The van der Waals surface area contributed by atoms with E-state index in [0.717, 1.165) is 0 Å². The van der Waals surface area contributed by atoms with Gasteiger partial charge in [0.05, 0.1) is 26.4 Å². The van der Waals surface area contributed by atoms with E-state index in [9.17, 15) is 14.0 Å². The van der Waals surface area contributed by atoms with Gasteiger partial charge in [-0.15, -0.1) is 0 Å². The Morgan fingerprint density at radius 3 is 2.63 bits per heavy atom. The molecule has 0 saturated carbocycles. The number of methoxy groups -OCH3 is 2. The van der Waals surface area contributed by atoms with Crippen molar-refractivity contribution in [2.24, 2.45) is 0 Å². The highest BCUT2D eigenvalue weighted by Gasteiger charge is 2.32. The summed E-state index contributed by atoms with van der Waals surface area (Å²) in [6, 6.07) is 10.9. The maximum Gasteiger partial charge on any atom is 0.355 e. The molecule has 0 amide bonds. The molecule has 1 aliphatic heterocycles. The SMILES string of the molecule is COC(=O)C1=C(C(=O)OC)N(c2ccc3oc(-c4cccc(F)c4)nc3c2)COC1. The normalized spacial score (nSPS) is 14.2. The van der Waals surface area contributed by atoms with Gasteiger partial charge >= 0.3 is 11.9 Å². The van der Waals surface area contributed by atoms with Crippen LogP contribution in [0.1, 0.15) is 0 Å². The first-order chi connectivity index (χ1) is 14.5. The van der Waals surface area contributed by atoms with Crippen molar-refractivity contribution in [1.82, 2.24) is 4.98 Å². The molecule has 3 aromatic rings. The summed E-state index contributed by atoms with van der Waals surface area (Å²) in [4.78, 5) is 30.4. The van der Waals surface area contributed by atoms with Gasteiger partial charge in [-0.1, -0.05) is 6.07 Å². The molecule has 1 aromatic heterocycles. The van der Waals surface area contributed by atoms with E-state index in [1.165, 1.54) is 31.3 Å².